The Hall–Kier alpha value is -4.39. The van der Waals surface area contributed by atoms with Gasteiger partial charge in [-0.15, -0.1) is 0 Å². The Morgan fingerprint density at radius 1 is 0.955 bits per heavy atom. The fraction of sp³-hybridized carbons (Fsp3) is 0.378. The number of nitrogens with zero attached hydrogens (tertiary/aromatic N) is 4. The number of para-hydroxylation sites is 1. The van der Waals surface area contributed by atoms with Crippen molar-refractivity contribution in [2.75, 3.05) is 13.1 Å². The molecule has 1 aliphatic heterocycles. The average Bonchev–Trinajstić information content (AvgIpc) is 3.73. The molecule has 7 nitrogen and oxygen atoms in total. The lowest BCUT2D eigenvalue weighted by Gasteiger charge is -2.28. The Bertz CT molecular complexity index is 1730. The average molecular weight is 591 g/mol. The van der Waals surface area contributed by atoms with Gasteiger partial charge < -0.3 is 9.64 Å². The summed E-state index contributed by atoms with van der Waals surface area (Å²) in [7, 11) is 0. The summed E-state index contributed by atoms with van der Waals surface area (Å²) >= 11 is 0. The standard InChI is InChI=1S/C37H42N4O3/c1-5-26-11-10-12-27(6-2)35(26)41-34(23-25(3)4)32(36(42)39-20-8-7-9-21-39)24-31(37(41)43)33-19-22-40(38-33)28-13-15-29(16-14-28)44-30-17-18-30/h10-16,19,22-24,30H,5-9,17-18,20-21H2,1-4H3. The van der Waals surface area contributed by atoms with Gasteiger partial charge in [-0.2, -0.15) is 5.10 Å². The number of aryl methyl sites for hydroxylation is 2. The lowest BCUT2D eigenvalue weighted by molar-refractivity contribution is 0.0723. The van der Waals surface area contributed by atoms with Crippen LogP contribution in [0.2, 0.25) is 0 Å². The van der Waals surface area contributed by atoms with Crippen molar-refractivity contribution in [2.24, 2.45) is 0 Å². The smallest absolute Gasteiger partial charge is 0.265 e. The predicted octanol–water partition coefficient (Wildman–Crippen LogP) is 7.41. The highest BCUT2D eigenvalue weighted by Gasteiger charge is 2.27. The monoisotopic (exact) mass is 590 g/mol. The maximum absolute atomic E-state index is 14.7. The second-order valence-corrected chi connectivity index (χ2v) is 12.2. The first-order valence-corrected chi connectivity index (χ1v) is 16.1. The third-order valence-corrected chi connectivity index (χ3v) is 8.52. The number of aromatic nitrogens is 3. The maximum atomic E-state index is 14.7. The molecular weight excluding hydrogens is 548 g/mol. The Morgan fingerprint density at radius 3 is 2.25 bits per heavy atom. The molecule has 2 aliphatic rings. The van der Waals surface area contributed by atoms with Crippen LogP contribution in [0.3, 0.4) is 0 Å². The highest BCUT2D eigenvalue weighted by Crippen LogP contribution is 2.30. The van der Waals surface area contributed by atoms with E-state index in [4.69, 9.17) is 9.84 Å². The van der Waals surface area contributed by atoms with Crippen LogP contribution in [0, 0.1) is 0 Å². The summed E-state index contributed by atoms with van der Waals surface area (Å²) in [4.78, 5) is 30.9. The van der Waals surface area contributed by atoms with Gasteiger partial charge in [0.1, 0.15) is 5.75 Å². The van der Waals surface area contributed by atoms with Crippen LogP contribution in [0.5, 0.6) is 5.75 Å². The molecule has 2 aromatic carbocycles. The summed E-state index contributed by atoms with van der Waals surface area (Å²) in [6.07, 6.45) is 11.0. The van der Waals surface area contributed by atoms with Crippen molar-refractivity contribution < 1.29 is 9.53 Å². The van der Waals surface area contributed by atoms with Gasteiger partial charge in [0, 0.05) is 19.3 Å². The molecule has 1 saturated carbocycles. The summed E-state index contributed by atoms with van der Waals surface area (Å²) in [5, 5.41) is 4.86. The number of allylic oxidation sites excluding steroid dienone is 1. The van der Waals surface area contributed by atoms with Crippen LogP contribution in [0.1, 0.15) is 87.0 Å². The van der Waals surface area contributed by atoms with Crippen LogP contribution >= 0.6 is 0 Å². The number of benzene rings is 2. The van der Waals surface area contributed by atoms with E-state index in [0.29, 0.717) is 28.6 Å². The number of piperidine rings is 1. The first kappa shape index (κ1) is 29.7. The Morgan fingerprint density at radius 2 is 1.64 bits per heavy atom. The topological polar surface area (TPSA) is 69.4 Å². The molecule has 0 atom stereocenters. The van der Waals surface area contributed by atoms with E-state index >= 15 is 0 Å². The van der Waals surface area contributed by atoms with Gasteiger partial charge in [0.15, 0.2) is 0 Å². The first-order chi connectivity index (χ1) is 21.4. The van der Waals surface area contributed by atoms with E-state index in [-0.39, 0.29) is 11.5 Å². The summed E-state index contributed by atoms with van der Waals surface area (Å²) in [5.74, 6) is 0.813. The van der Waals surface area contributed by atoms with Crippen molar-refractivity contribution in [2.45, 2.75) is 78.7 Å². The van der Waals surface area contributed by atoms with E-state index in [1.54, 1.807) is 15.3 Å². The zero-order valence-corrected chi connectivity index (χ0v) is 26.3. The molecule has 4 aromatic rings. The Labute approximate surface area is 259 Å². The molecule has 228 valence electrons. The Kier molecular flexibility index (Phi) is 8.56. The molecule has 0 unspecified atom stereocenters. The van der Waals surface area contributed by atoms with E-state index in [9.17, 15) is 9.59 Å². The van der Waals surface area contributed by atoms with Gasteiger partial charge in [0.05, 0.1) is 40.0 Å². The van der Waals surface area contributed by atoms with Crippen molar-refractivity contribution in [1.82, 2.24) is 19.2 Å². The summed E-state index contributed by atoms with van der Waals surface area (Å²) in [5.41, 5.74) is 6.84. The van der Waals surface area contributed by atoms with Gasteiger partial charge in [-0.1, -0.05) is 37.6 Å². The van der Waals surface area contributed by atoms with E-state index in [1.807, 2.05) is 61.4 Å². The second kappa shape index (κ2) is 12.7. The van der Waals surface area contributed by atoms with E-state index in [2.05, 4.69) is 32.0 Å². The quantitative estimate of drug-likeness (QED) is 0.204. The lowest BCUT2D eigenvalue weighted by atomic mass is 9.99. The normalized spacial score (nSPS) is 14.9. The molecule has 0 N–H and O–H groups in total. The van der Waals surface area contributed by atoms with Crippen LogP contribution in [-0.2, 0) is 12.8 Å². The molecule has 3 heterocycles. The summed E-state index contributed by atoms with van der Waals surface area (Å²) in [6.45, 7) is 9.68. The molecule has 44 heavy (non-hydrogen) atoms. The SMILES string of the molecule is CCc1cccc(CC)c1-n1c(C=C(C)C)c(C(=O)N2CCCCC2)cc(-c2ccn(-c3ccc(OC4CC4)cc3)n2)c1=O. The third kappa shape index (κ3) is 6.01. The first-order valence-electron chi connectivity index (χ1n) is 16.1. The van der Waals surface area contributed by atoms with Gasteiger partial charge in [-0.3, -0.25) is 14.2 Å². The summed E-state index contributed by atoms with van der Waals surface area (Å²) in [6, 6.07) is 17.7. The number of rotatable bonds is 9. The van der Waals surface area contributed by atoms with Gasteiger partial charge in [-0.05, 0) is 112 Å². The van der Waals surface area contributed by atoms with Crippen molar-refractivity contribution in [1.29, 1.82) is 0 Å². The molecule has 2 fully saturated rings. The highest BCUT2D eigenvalue weighted by atomic mass is 16.5. The van der Waals surface area contributed by atoms with Crippen molar-refractivity contribution in [3.63, 3.8) is 0 Å². The molecular formula is C37H42N4O3. The van der Waals surface area contributed by atoms with Crippen LogP contribution in [-0.4, -0.2) is 44.3 Å². The molecule has 0 radical (unpaired) electrons. The molecule has 1 saturated heterocycles. The van der Waals surface area contributed by atoms with Gasteiger partial charge in [0.2, 0.25) is 0 Å². The number of carbonyl (C=O) groups excluding carboxylic acids is 1. The minimum atomic E-state index is -0.179. The molecule has 2 aromatic heterocycles. The number of ether oxygens (including phenoxy) is 1. The molecule has 1 aliphatic carbocycles. The van der Waals surface area contributed by atoms with Crippen LogP contribution in [0.15, 0.2) is 71.2 Å². The van der Waals surface area contributed by atoms with Crippen molar-refractivity contribution in [3.8, 4) is 28.4 Å². The summed E-state index contributed by atoms with van der Waals surface area (Å²) < 4.78 is 9.47. The van der Waals surface area contributed by atoms with Crippen LogP contribution < -0.4 is 10.3 Å². The number of carbonyl (C=O) groups is 1. The fourth-order valence-corrected chi connectivity index (χ4v) is 6.06. The zero-order valence-electron chi connectivity index (χ0n) is 26.3. The van der Waals surface area contributed by atoms with E-state index in [1.165, 1.54) is 0 Å². The number of likely N-dealkylation sites (tertiary alicyclic amines) is 1. The number of amides is 1. The van der Waals surface area contributed by atoms with E-state index in [0.717, 1.165) is 91.9 Å². The van der Waals surface area contributed by atoms with Gasteiger partial charge in [-0.25, -0.2) is 4.68 Å². The molecule has 1 amide bonds. The highest BCUT2D eigenvalue weighted by molar-refractivity contribution is 5.99. The fourth-order valence-electron chi connectivity index (χ4n) is 6.06. The second-order valence-electron chi connectivity index (χ2n) is 12.2. The van der Waals surface area contributed by atoms with Crippen LogP contribution in [0.4, 0.5) is 0 Å². The van der Waals surface area contributed by atoms with Gasteiger partial charge >= 0.3 is 0 Å². The van der Waals surface area contributed by atoms with E-state index < -0.39 is 0 Å². The van der Waals surface area contributed by atoms with Crippen LogP contribution in [0.25, 0.3) is 28.7 Å². The Balaban J connectivity index is 1.55. The minimum Gasteiger partial charge on any atom is -0.490 e. The molecule has 0 bridgehead atoms. The number of hydrogen-bond donors (Lipinski definition) is 0. The number of pyridine rings is 1. The predicted molar refractivity (Wildman–Crippen MR) is 176 cm³/mol. The molecule has 6 rings (SSSR count). The van der Waals surface area contributed by atoms with Gasteiger partial charge in [0.25, 0.3) is 11.5 Å². The molecule has 7 heteroatoms. The zero-order chi connectivity index (χ0) is 30.8. The lowest BCUT2D eigenvalue weighted by Crippen LogP contribution is -2.37. The van der Waals surface area contributed by atoms with Crippen molar-refractivity contribution >= 4 is 12.0 Å². The number of hydrogen-bond acceptors (Lipinski definition) is 4. The minimum absolute atomic E-state index is 0.0371. The maximum Gasteiger partial charge on any atom is 0.265 e. The molecule has 0 spiro atoms. The van der Waals surface area contributed by atoms with Crippen molar-refractivity contribution in [3.05, 3.63) is 99.1 Å². The third-order valence-electron chi connectivity index (χ3n) is 8.52. The largest absolute Gasteiger partial charge is 0.490 e.